The Morgan fingerprint density at radius 3 is 2.43 bits per heavy atom. The Morgan fingerprint density at radius 2 is 2.07 bits per heavy atom. The molecular formula is C12H21NO. The highest BCUT2D eigenvalue weighted by atomic mass is 16.5. The summed E-state index contributed by atoms with van der Waals surface area (Å²) in [7, 11) is 0. The van der Waals surface area contributed by atoms with Gasteiger partial charge in [0.1, 0.15) is 5.75 Å². The van der Waals surface area contributed by atoms with Gasteiger partial charge >= 0.3 is 0 Å². The summed E-state index contributed by atoms with van der Waals surface area (Å²) in [5.74, 6) is 0.833. The molecule has 0 fully saturated rings. The van der Waals surface area contributed by atoms with Crippen LogP contribution in [0.15, 0.2) is 37.2 Å². The first-order chi connectivity index (χ1) is 6.85. The summed E-state index contributed by atoms with van der Waals surface area (Å²) in [6, 6.07) is 3.74. The molecule has 2 nitrogen and oxygen atoms in total. The van der Waals surface area contributed by atoms with Crippen molar-refractivity contribution >= 4 is 0 Å². The fraction of sp³-hybridized carbons (Fsp3) is 0.417. The number of nitrogens with zero attached hydrogens (tertiary/aromatic N) is 1. The summed E-state index contributed by atoms with van der Waals surface area (Å²) in [5, 5.41) is 0. The molecule has 0 atom stereocenters. The van der Waals surface area contributed by atoms with Crippen LogP contribution in [0.25, 0.3) is 0 Å². The van der Waals surface area contributed by atoms with Crippen LogP contribution in [-0.4, -0.2) is 11.6 Å². The van der Waals surface area contributed by atoms with Crippen molar-refractivity contribution in [2.24, 2.45) is 0 Å². The average molecular weight is 195 g/mol. The second-order valence-electron chi connectivity index (χ2n) is 2.03. The van der Waals surface area contributed by atoms with Crippen molar-refractivity contribution in [2.45, 2.75) is 27.7 Å². The third-order valence-corrected chi connectivity index (χ3v) is 0.945. The molecule has 0 amide bonds. The van der Waals surface area contributed by atoms with Crippen LogP contribution in [0, 0.1) is 0 Å². The van der Waals surface area contributed by atoms with Gasteiger partial charge in [0.25, 0.3) is 0 Å². The topological polar surface area (TPSA) is 22.1 Å². The molecule has 0 aromatic carbocycles. The van der Waals surface area contributed by atoms with Crippen LogP contribution in [-0.2, 0) is 0 Å². The molecule has 0 aliphatic carbocycles. The normalized spacial score (nSPS) is 7.14. The van der Waals surface area contributed by atoms with E-state index >= 15 is 0 Å². The van der Waals surface area contributed by atoms with Crippen LogP contribution in [0.2, 0.25) is 0 Å². The molecule has 2 heteroatoms. The quantitative estimate of drug-likeness (QED) is 0.671. The molecule has 14 heavy (non-hydrogen) atoms. The molecule has 1 rings (SSSR count). The van der Waals surface area contributed by atoms with E-state index < -0.39 is 0 Å². The molecule has 1 heterocycles. The summed E-state index contributed by atoms with van der Waals surface area (Å²) in [5.41, 5.74) is 0. The zero-order chi connectivity index (χ0) is 11.2. The second-order valence-corrected chi connectivity index (χ2v) is 2.03. The van der Waals surface area contributed by atoms with Crippen molar-refractivity contribution in [3.8, 4) is 5.75 Å². The van der Waals surface area contributed by atoms with Crippen LogP contribution in [0.5, 0.6) is 5.75 Å². The Balaban J connectivity index is 0. The fourth-order valence-corrected chi connectivity index (χ4v) is 0.599. The van der Waals surface area contributed by atoms with Gasteiger partial charge < -0.3 is 4.74 Å². The van der Waals surface area contributed by atoms with Gasteiger partial charge in [0.15, 0.2) is 0 Å². The molecule has 0 N–H and O–H groups in total. The lowest BCUT2D eigenvalue weighted by molar-refractivity contribution is 0.339. The van der Waals surface area contributed by atoms with Gasteiger partial charge in [-0.05, 0) is 26.0 Å². The van der Waals surface area contributed by atoms with E-state index in [9.17, 15) is 0 Å². The Bertz CT molecular complexity index is 197. The molecular weight excluding hydrogens is 174 g/mol. The van der Waals surface area contributed by atoms with E-state index in [0.29, 0.717) is 6.61 Å². The first-order valence-electron chi connectivity index (χ1n) is 4.95. The lowest BCUT2D eigenvalue weighted by Crippen LogP contribution is -1.90. The number of aromatic nitrogens is 1. The van der Waals surface area contributed by atoms with Gasteiger partial charge in [0.2, 0.25) is 0 Å². The monoisotopic (exact) mass is 195 g/mol. The van der Waals surface area contributed by atoms with Gasteiger partial charge in [-0.3, -0.25) is 4.98 Å². The summed E-state index contributed by atoms with van der Waals surface area (Å²) in [6.07, 6.45) is 5.17. The standard InChI is InChI=1S/C7H9NO.C3H6.C2H6/c1-2-9-7-4-3-5-8-6-7;1-3-2;1-2/h3-6H,2H2,1H3;3H,1H2,2H3;1-2H3. The highest BCUT2D eigenvalue weighted by molar-refractivity contribution is 5.14. The Kier molecular flexibility index (Phi) is 15.4. The van der Waals surface area contributed by atoms with Gasteiger partial charge in [-0.1, -0.05) is 19.9 Å². The zero-order valence-corrected chi connectivity index (χ0v) is 9.66. The lowest BCUT2D eigenvalue weighted by atomic mass is 10.5. The number of hydrogen-bond donors (Lipinski definition) is 0. The van der Waals surface area contributed by atoms with E-state index in [4.69, 9.17) is 4.74 Å². The molecule has 1 aromatic heterocycles. The highest BCUT2D eigenvalue weighted by Gasteiger charge is 1.84. The van der Waals surface area contributed by atoms with Gasteiger partial charge in [0.05, 0.1) is 12.8 Å². The fourth-order valence-electron chi connectivity index (χ4n) is 0.599. The zero-order valence-electron chi connectivity index (χ0n) is 9.66. The summed E-state index contributed by atoms with van der Waals surface area (Å²) in [6.45, 7) is 11.9. The predicted octanol–water partition coefficient (Wildman–Crippen LogP) is 3.70. The predicted molar refractivity (Wildman–Crippen MR) is 62.6 cm³/mol. The number of pyridine rings is 1. The Labute approximate surface area is 87.6 Å². The second kappa shape index (κ2) is 14.2. The van der Waals surface area contributed by atoms with Crippen molar-refractivity contribution in [3.63, 3.8) is 0 Å². The first kappa shape index (κ1) is 15.2. The molecule has 1 aromatic rings. The van der Waals surface area contributed by atoms with E-state index in [-0.39, 0.29) is 0 Å². The van der Waals surface area contributed by atoms with Crippen molar-refractivity contribution < 1.29 is 4.74 Å². The average Bonchev–Trinajstić information content (AvgIpc) is 2.24. The van der Waals surface area contributed by atoms with E-state index in [1.54, 1.807) is 18.5 Å². The van der Waals surface area contributed by atoms with Crippen LogP contribution < -0.4 is 4.74 Å². The van der Waals surface area contributed by atoms with Crippen LogP contribution in [0.1, 0.15) is 27.7 Å². The minimum absolute atomic E-state index is 0.700. The smallest absolute Gasteiger partial charge is 0.137 e. The number of allylic oxidation sites excluding steroid dienone is 1. The van der Waals surface area contributed by atoms with Gasteiger partial charge in [0, 0.05) is 6.20 Å². The van der Waals surface area contributed by atoms with E-state index in [0.717, 1.165) is 5.75 Å². The van der Waals surface area contributed by atoms with Gasteiger partial charge in [-0.2, -0.15) is 0 Å². The van der Waals surface area contributed by atoms with Crippen LogP contribution in [0.4, 0.5) is 0 Å². The first-order valence-corrected chi connectivity index (χ1v) is 4.95. The summed E-state index contributed by atoms with van der Waals surface area (Å²) in [4.78, 5) is 3.88. The third kappa shape index (κ3) is 10.7. The largest absolute Gasteiger partial charge is 0.492 e. The molecule has 0 unspecified atom stereocenters. The van der Waals surface area contributed by atoms with Crippen molar-refractivity contribution in [2.75, 3.05) is 6.61 Å². The highest BCUT2D eigenvalue weighted by Crippen LogP contribution is 2.04. The van der Waals surface area contributed by atoms with Crippen LogP contribution >= 0.6 is 0 Å². The maximum Gasteiger partial charge on any atom is 0.137 e. The van der Waals surface area contributed by atoms with Crippen LogP contribution in [0.3, 0.4) is 0 Å². The van der Waals surface area contributed by atoms with Crippen molar-refractivity contribution in [1.82, 2.24) is 4.98 Å². The molecule has 0 saturated carbocycles. The Morgan fingerprint density at radius 1 is 1.50 bits per heavy atom. The maximum absolute atomic E-state index is 5.14. The number of rotatable bonds is 2. The van der Waals surface area contributed by atoms with Gasteiger partial charge in [-0.15, -0.1) is 6.58 Å². The van der Waals surface area contributed by atoms with E-state index in [1.165, 1.54) is 0 Å². The SMILES string of the molecule is C=CC.CC.CCOc1cccnc1. The van der Waals surface area contributed by atoms with Crippen molar-refractivity contribution in [1.29, 1.82) is 0 Å². The molecule has 80 valence electrons. The molecule has 0 aliphatic heterocycles. The third-order valence-electron chi connectivity index (χ3n) is 0.945. The number of ether oxygens (including phenoxy) is 1. The molecule has 0 aliphatic rings. The van der Waals surface area contributed by atoms with E-state index in [2.05, 4.69) is 11.6 Å². The van der Waals surface area contributed by atoms with Gasteiger partial charge in [-0.25, -0.2) is 0 Å². The molecule has 0 spiro atoms. The molecule has 0 bridgehead atoms. The minimum Gasteiger partial charge on any atom is -0.492 e. The summed E-state index contributed by atoms with van der Waals surface area (Å²) < 4.78 is 5.14. The van der Waals surface area contributed by atoms with Crippen molar-refractivity contribution in [3.05, 3.63) is 37.2 Å². The van der Waals surface area contributed by atoms with E-state index in [1.807, 2.05) is 39.8 Å². The minimum atomic E-state index is 0.700. The summed E-state index contributed by atoms with van der Waals surface area (Å²) >= 11 is 0. The molecule has 0 radical (unpaired) electrons. The molecule has 0 saturated heterocycles. The maximum atomic E-state index is 5.14. The lowest BCUT2D eigenvalue weighted by Gasteiger charge is -1.98. The number of hydrogen-bond acceptors (Lipinski definition) is 2. The Hall–Kier alpha value is -1.31.